The van der Waals surface area contributed by atoms with Crippen molar-refractivity contribution >= 4 is 43.5 Å². The summed E-state index contributed by atoms with van der Waals surface area (Å²) in [5.41, 5.74) is 0. The molecule has 106 valence electrons. The Morgan fingerprint density at radius 3 is 2.63 bits per heavy atom. The summed E-state index contributed by atoms with van der Waals surface area (Å²) < 4.78 is 26.8. The van der Waals surface area contributed by atoms with Crippen LogP contribution >= 0.6 is 27.5 Å². The first-order valence-electron chi connectivity index (χ1n) is 5.48. The van der Waals surface area contributed by atoms with Gasteiger partial charge in [0.25, 0.3) is 0 Å². The van der Waals surface area contributed by atoms with Crippen LogP contribution in [0.2, 0.25) is 5.02 Å². The molecule has 0 bridgehead atoms. The lowest BCUT2D eigenvalue weighted by molar-refractivity contribution is -0.139. The van der Waals surface area contributed by atoms with E-state index >= 15 is 0 Å². The molecule has 0 aliphatic carbocycles. The van der Waals surface area contributed by atoms with E-state index in [4.69, 9.17) is 16.7 Å². The monoisotopic (exact) mass is 369 g/mol. The van der Waals surface area contributed by atoms with Gasteiger partial charge in [0, 0.05) is 4.47 Å². The fraction of sp³-hybridized carbons (Fsp3) is 0.364. The van der Waals surface area contributed by atoms with Crippen LogP contribution in [-0.4, -0.2) is 25.5 Å². The van der Waals surface area contributed by atoms with Crippen molar-refractivity contribution in [3.8, 4) is 0 Å². The molecule has 0 fully saturated rings. The second-order valence-corrected chi connectivity index (χ2v) is 6.76. The summed E-state index contributed by atoms with van der Waals surface area (Å²) >= 11 is 8.96. The predicted molar refractivity (Wildman–Crippen MR) is 75.8 cm³/mol. The standard InChI is InChI=1S/C11H13BrClNO4S/c1-2-4-9(11(15)16)14-19(17,18)10-7(12)5-3-6-8(10)13/h3,5-6,9,14H,2,4H2,1H3,(H,15,16). The van der Waals surface area contributed by atoms with E-state index in [1.54, 1.807) is 13.0 Å². The number of carboxylic acid groups (broad SMARTS) is 1. The number of halogens is 2. The van der Waals surface area contributed by atoms with Crippen LogP contribution in [0.15, 0.2) is 27.6 Å². The SMILES string of the molecule is CCCC(NS(=O)(=O)c1c(Cl)cccc1Br)C(=O)O. The summed E-state index contributed by atoms with van der Waals surface area (Å²) in [6, 6.07) is 3.37. The maximum absolute atomic E-state index is 12.2. The number of sulfonamides is 1. The van der Waals surface area contributed by atoms with E-state index in [1.165, 1.54) is 12.1 Å². The number of hydrogen-bond acceptors (Lipinski definition) is 3. The highest BCUT2D eigenvalue weighted by atomic mass is 79.9. The molecule has 0 aliphatic rings. The highest BCUT2D eigenvalue weighted by Crippen LogP contribution is 2.29. The van der Waals surface area contributed by atoms with Crippen molar-refractivity contribution in [1.82, 2.24) is 4.72 Å². The molecular weight excluding hydrogens is 358 g/mol. The number of nitrogens with one attached hydrogen (secondary N) is 1. The molecule has 1 atom stereocenters. The zero-order chi connectivity index (χ0) is 14.6. The van der Waals surface area contributed by atoms with Gasteiger partial charge in [-0.25, -0.2) is 8.42 Å². The van der Waals surface area contributed by atoms with Crippen LogP contribution in [0.1, 0.15) is 19.8 Å². The minimum Gasteiger partial charge on any atom is -0.480 e. The Balaban J connectivity index is 3.14. The average Bonchev–Trinajstić information content (AvgIpc) is 2.27. The van der Waals surface area contributed by atoms with Crippen LogP contribution < -0.4 is 4.72 Å². The lowest BCUT2D eigenvalue weighted by atomic mass is 10.2. The lowest BCUT2D eigenvalue weighted by Crippen LogP contribution is -2.40. The Hall–Kier alpha value is -0.630. The maximum atomic E-state index is 12.2. The van der Waals surface area contributed by atoms with E-state index in [2.05, 4.69) is 20.7 Å². The van der Waals surface area contributed by atoms with E-state index in [9.17, 15) is 13.2 Å². The fourth-order valence-electron chi connectivity index (χ4n) is 1.51. The van der Waals surface area contributed by atoms with Gasteiger partial charge in [0.2, 0.25) is 10.0 Å². The van der Waals surface area contributed by atoms with E-state index in [1.807, 2.05) is 0 Å². The summed E-state index contributed by atoms with van der Waals surface area (Å²) in [6.07, 6.45) is 0.750. The maximum Gasteiger partial charge on any atom is 0.321 e. The number of hydrogen-bond donors (Lipinski definition) is 2. The first-order chi connectivity index (χ1) is 8.79. The van der Waals surface area contributed by atoms with Gasteiger partial charge in [0.15, 0.2) is 0 Å². The summed E-state index contributed by atoms with van der Waals surface area (Å²) in [5.74, 6) is -1.21. The zero-order valence-electron chi connectivity index (χ0n) is 10.1. The molecule has 5 nitrogen and oxygen atoms in total. The Morgan fingerprint density at radius 1 is 1.53 bits per heavy atom. The first kappa shape index (κ1) is 16.4. The van der Waals surface area contributed by atoms with E-state index in [0.29, 0.717) is 6.42 Å². The molecule has 0 aliphatic heterocycles. The molecule has 1 unspecified atom stereocenters. The highest BCUT2D eigenvalue weighted by Gasteiger charge is 2.27. The predicted octanol–water partition coefficient (Wildman–Crippen LogP) is 2.63. The Kier molecular flexibility index (Phi) is 5.79. The Bertz CT molecular complexity index is 556. The van der Waals surface area contributed by atoms with Gasteiger partial charge >= 0.3 is 5.97 Å². The Labute approximate surface area is 125 Å². The molecule has 0 saturated carbocycles. The third-order valence-corrected chi connectivity index (χ3v) is 5.28. The van der Waals surface area contributed by atoms with Gasteiger partial charge in [0.1, 0.15) is 10.9 Å². The molecule has 0 saturated heterocycles. The summed E-state index contributed by atoms with van der Waals surface area (Å²) in [4.78, 5) is 10.8. The molecule has 1 aromatic carbocycles. The minimum atomic E-state index is -4.00. The summed E-state index contributed by atoms with van der Waals surface area (Å²) in [7, 11) is -4.00. The van der Waals surface area contributed by atoms with Crippen LogP contribution in [0.5, 0.6) is 0 Å². The van der Waals surface area contributed by atoms with Gasteiger partial charge in [-0.3, -0.25) is 4.79 Å². The molecule has 0 heterocycles. The van der Waals surface area contributed by atoms with Crippen molar-refractivity contribution in [3.63, 3.8) is 0 Å². The van der Waals surface area contributed by atoms with E-state index in [-0.39, 0.29) is 20.8 Å². The topological polar surface area (TPSA) is 83.5 Å². The van der Waals surface area contributed by atoms with Crippen LogP contribution in [0, 0.1) is 0 Å². The van der Waals surface area contributed by atoms with E-state index < -0.39 is 22.0 Å². The normalized spacial score (nSPS) is 13.2. The molecular formula is C11H13BrClNO4S. The Morgan fingerprint density at radius 2 is 2.16 bits per heavy atom. The van der Waals surface area contributed by atoms with Gasteiger partial charge < -0.3 is 5.11 Å². The number of aliphatic carboxylic acids is 1. The molecule has 0 spiro atoms. The minimum absolute atomic E-state index is 0.0301. The molecule has 2 N–H and O–H groups in total. The van der Waals surface area contributed by atoms with Gasteiger partial charge in [-0.2, -0.15) is 4.72 Å². The van der Waals surface area contributed by atoms with Crippen LogP contribution in [0.4, 0.5) is 0 Å². The van der Waals surface area contributed by atoms with Crippen LogP contribution in [0.3, 0.4) is 0 Å². The van der Waals surface area contributed by atoms with E-state index in [0.717, 1.165) is 0 Å². The smallest absolute Gasteiger partial charge is 0.321 e. The largest absolute Gasteiger partial charge is 0.480 e. The number of rotatable bonds is 6. The van der Waals surface area contributed by atoms with Gasteiger partial charge in [-0.1, -0.05) is 31.0 Å². The van der Waals surface area contributed by atoms with Gasteiger partial charge in [0.05, 0.1) is 5.02 Å². The number of carboxylic acids is 1. The number of benzene rings is 1. The van der Waals surface area contributed by atoms with Gasteiger partial charge in [-0.15, -0.1) is 0 Å². The second-order valence-electron chi connectivity index (χ2n) is 3.85. The van der Waals surface area contributed by atoms with Crippen molar-refractivity contribution in [2.75, 3.05) is 0 Å². The molecule has 19 heavy (non-hydrogen) atoms. The third-order valence-electron chi connectivity index (χ3n) is 2.36. The summed E-state index contributed by atoms with van der Waals surface area (Å²) in [5, 5.41) is 9.01. The molecule has 1 aromatic rings. The van der Waals surface area contributed by atoms with Crippen molar-refractivity contribution in [1.29, 1.82) is 0 Å². The van der Waals surface area contributed by atoms with Crippen LogP contribution in [0.25, 0.3) is 0 Å². The first-order valence-corrected chi connectivity index (χ1v) is 8.14. The second kappa shape index (κ2) is 6.69. The molecule has 8 heteroatoms. The lowest BCUT2D eigenvalue weighted by Gasteiger charge is -2.15. The van der Waals surface area contributed by atoms with Crippen molar-refractivity contribution in [2.24, 2.45) is 0 Å². The summed E-state index contributed by atoms with van der Waals surface area (Å²) in [6.45, 7) is 1.77. The molecule has 1 rings (SSSR count). The van der Waals surface area contributed by atoms with Crippen molar-refractivity contribution in [3.05, 3.63) is 27.7 Å². The fourth-order valence-corrected chi connectivity index (χ4v) is 4.47. The quantitative estimate of drug-likeness (QED) is 0.806. The molecule has 0 radical (unpaired) electrons. The molecule has 0 aromatic heterocycles. The van der Waals surface area contributed by atoms with Gasteiger partial charge in [-0.05, 0) is 34.5 Å². The average molecular weight is 371 g/mol. The van der Waals surface area contributed by atoms with Crippen molar-refractivity contribution < 1.29 is 18.3 Å². The zero-order valence-corrected chi connectivity index (χ0v) is 13.2. The number of carbonyl (C=O) groups is 1. The third kappa shape index (κ3) is 4.17. The van der Waals surface area contributed by atoms with Crippen LogP contribution in [-0.2, 0) is 14.8 Å². The molecule has 0 amide bonds. The highest BCUT2D eigenvalue weighted by molar-refractivity contribution is 9.10. The van der Waals surface area contributed by atoms with Crippen molar-refractivity contribution in [2.45, 2.75) is 30.7 Å².